The Morgan fingerprint density at radius 2 is 1.93 bits per heavy atom. The highest BCUT2D eigenvalue weighted by atomic mass is 16.6. The molecule has 0 aliphatic carbocycles. The van der Waals surface area contributed by atoms with Crippen molar-refractivity contribution in [2.45, 2.75) is 32.7 Å². The van der Waals surface area contributed by atoms with Gasteiger partial charge in [0.15, 0.2) is 0 Å². The van der Waals surface area contributed by atoms with Crippen molar-refractivity contribution in [2.24, 2.45) is 0 Å². The van der Waals surface area contributed by atoms with Crippen LogP contribution in [0.15, 0.2) is 6.07 Å². The second-order valence-electron chi connectivity index (χ2n) is 6.89. The highest BCUT2D eigenvalue weighted by Gasteiger charge is 2.24. The number of nitrogens with zero attached hydrogens (tertiary/aromatic N) is 5. The van der Waals surface area contributed by atoms with Gasteiger partial charge in [0, 0.05) is 51.4 Å². The summed E-state index contributed by atoms with van der Waals surface area (Å²) in [6.45, 7) is 8.44. The first-order chi connectivity index (χ1) is 13.1. The fourth-order valence-electron chi connectivity index (χ4n) is 3.47. The number of rotatable bonds is 5. The van der Waals surface area contributed by atoms with Crippen LogP contribution in [0, 0.1) is 6.92 Å². The van der Waals surface area contributed by atoms with Gasteiger partial charge in [0.1, 0.15) is 17.5 Å². The number of ether oxygens (including phenoxy) is 1. The lowest BCUT2D eigenvalue weighted by Crippen LogP contribution is -2.46. The molecule has 3 rings (SSSR count). The van der Waals surface area contributed by atoms with Gasteiger partial charge in [-0.2, -0.15) is 0 Å². The summed E-state index contributed by atoms with van der Waals surface area (Å²) in [5.41, 5.74) is 0. The van der Waals surface area contributed by atoms with Crippen molar-refractivity contribution in [3.63, 3.8) is 0 Å². The van der Waals surface area contributed by atoms with E-state index in [1.54, 1.807) is 9.80 Å². The molecule has 0 bridgehead atoms. The maximum atomic E-state index is 11.8. The Labute approximate surface area is 159 Å². The molecule has 9 nitrogen and oxygen atoms in total. The summed E-state index contributed by atoms with van der Waals surface area (Å²) in [5.74, 6) is 2.42. The van der Waals surface area contributed by atoms with Crippen molar-refractivity contribution in [3.05, 3.63) is 11.9 Å². The Morgan fingerprint density at radius 1 is 1.22 bits per heavy atom. The third kappa shape index (κ3) is 4.99. The van der Waals surface area contributed by atoms with Crippen molar-refractivity contribution >= 4 is 24.1 Å². The summed E-state index contributed by atoms with van der Waals surface area (Å²) in [7, 11) is 0. The number of hydrogen-bond donors (Lipinski definition) is 1. The Bertz CT molecular complexity index is 654. The van der Waals surface area contributed by atoms with Crippen LogP contribution in [0.3, 0.4) is 0 Å². The molecule has 0 unspecified atom stereocenters. The molecular weight excluding hydrogens is 348 g/mol. The fraction of sp³-hybridized carbons (Fsp3) is 0.667. The van der Waals surface area contributed by atoms with Gasteiger partial charge >= 0.3 is 6.09 Å². The van der Waals surface area contributed by atoms with E-state index in [-0.39, 0.29) is 12.1 Å². The lowest BCUT2D eigenvalue weighted by atomic mass is 10.1. The standard InChI is InChI=1S/C18H28N6O3/c1-3-27-18(26)24-6-4-15(5-7-24)21-16-12-17(20-14(2)19-16)23-10-8-22(13-25)9-11-23/h12-13,15H,3-11H2,1-2H3,(H,19,20,21). The molecule has 9 heteroatoms. The van der Waals surface area contributed by atoms with E-state index in [1.807, 2.05) is 19.9 Å². The minimum atomic E-state index is -0.231. The van der Waals surface area contributed by atoms with Crippen molar-refractivity contribution in [1.29, 1.82) is 0 Å². The molecule has 0 aromatic carbocycles. The lowest BCUT2D eigenvalue weighted by Gasteiger charge is -2.34. The number of piperidine rings is 1. The average molecular weight is 376 g/mol. The van der Waals surface area contributed by atoms with E-state index in [9.17, 15) is 9.59 Å². The number of aryl methyl sites for hydroxylation is 1. The number of carbonyl (C=O) groups is 2. The van der Waals surface area contributed by atoms with Crippen LogP contribution in [0.25, 0.3) is 0 Å². The maximum Gasteiger partial charge on any atom is 0.409 e. The molecule has 1 N–H and O–H groups in total. The molecule has 27 heavy (non-hydrogen) atoms. The topological polar surface area (TPSA) is 90.9 Å². The molecule has 2 amide bonds. The highest BCUT2D eigenvalue weighted by Crippen LogP contribution is 2.21. The van der Waals surface area contributed by atoms with Crippen LogP contribution in [0.4, 0.5) is 16.4 Å². The van der Waals surface area contributed by atoms with Gasteiger partial charge in [-0.25, -0.2) is 14.8 Å². The van der Waals surface area contributed by atoms with E-state index >= 15 is 0 Å². The van der Waals surface area contributed by atoms with Crippen molar-refractivity contribution in [2.75, 3.05) is 56.1 Å². The fourth-order valence-corrected chi connectivity index (χ4v) is 3.47. The third-order valence-electron chi connectivity index (χ3n) is 4.98. The first-order valence-electron chi connectivity index (χ1n) is 9.57. The molecule has 2 saturated heterocycles. The molecular formula is C18H28N6O3. The monoisotopic (exact) mass is 376 g/mol. The van der Waals surface area contributed by atoms with Gasteiger partial charge < -0.3 is 24.8 Å². The molecule has 1 aromatic heterocycles. The molecule has 2 fully saturated rings. The van der Waals surface area contributed by atoms with Gasteiger partial charge in [0.25, 0.3) is 0 Å². The number of anilines is 2. The number of likely N-dealkylation sites (tertiary alicyclic amines) is 1. The Kier molecular flexibility index (Phi) is 6.31. The predicted octanol–water partition coefficient (Wildman–Crippen LogP) is 1.10. The summed E-state index contributed by atoms with van der Waals surface area (Å²) in [6, 6.07) is 2.24. The quantitative estimate of drug-likeness (QED) is 0.770. The number of nitrogens with one attached hydrogen (secondary N) is 1. The second-order valence-corrected chi connectivity index (χ2v) is 6.89. The summed E-state index contributed by atoms with van der Waals surface area (Å²) in [5, 5.41) is 3.49. The maximum absolute atomic E-state index is 11.8. The van der Waals surface area contributed by atoms with Crippen LogP contribution >= 0.6 is 0 Å². The van der Waals surface area contributed by atoms with Gasteiger partial charge in [0.05, 0.1) is 6.61 Å². The van der Waals surface area contributed by atoms with E-state index in [0.29, 0.717) is 32.8 Å². The van der Waals surface area contributed by atoms with Crippen molar-refractivity contribution in [1.82, 2.24) is 19.8 Å². The smallest absolute Gasteiger partial charge is 0.409 e. The largest absolute Gasteiger partial charge is 0.450 e. The van der Waals surface area contributed by atoms with E-state index in [2.05, 4.69) is 20.2 Å². The predicted molar refractivity (Wildman–Crippen MR) is 102 cm³/mol. The third-order valence-corrected chi connectivity index (χ3v) is 4.98. The number of piperazine rings is 1. The van der Waals surface area contributed by atoms with Crippen LogP contribution in [-0.2, 0) is 9.53 Å². The first-order valence-corrected chi connectivity index (χ1v) is 9.57. The Balaban J connectivity index is 1.57. The van der Waals surface area contributed by atoms with E-state index in [0.717, 1.165) is 49.8 Å². The molecule has 2 aliphatic rings. The first kappa shape index (κ1) is 19.2. The van der Waals surface area contributed by atoms with Crippen molar-refractivity contribution in [3.8, 4) is 0 Å². The SMILES string of the molecule is CCOC(=O)N1CCC(Nc2cc(N3CCN(C=O)CC3)nc(C)n2)CC1. The van der Waals surface area contributed by atoms with Crippen LogP contribution < -0.4 is 10.2 Å². The molecule has 148 valence electrons. The van der Waals surface area contributed by atoms with Crippen molar-refractivity contribution < 1.29 is 14.3 Å². The molecule has 1 aromatic rings. The molecule has 0 saturated carbocycles. The number of amides is 2. The van der Waals surface area contributed by atoms with E-state index in [1.165, 1.54) is 0 Å². The number of carbonyl (C=O) groups excluding carboxylic acids is 2. The van der Waals surface area contributed by atoms with Gasteiger partial charge in [0.2, 0.25) is 6.41 Å². The minimum absolute atomic E-state index is 0.231. The average Bonchev–Trinajstić information content (AvgIpc) is 2.68. The van der Waals surface area contributed by atoms with Crippen LogP contribution in [0.1, 0.15) is 25.6 Å². The number of aromatic nitrogens is 2. The van der Waals surface area contributed by atoms with Crippen LogP contribution in [0.2, 0.25) is 0 Å². The van der Waals surface area contributed by atoms with Crippen LogP contribution in [0.5, 0.6) is 0 Å². The zero-order valence-corrected chi connectivity index (χ0v) is 16.1. The van der Waals surface area contributed by atoms with Gasteiger partial charge in [-0.15, -0.1) is 0 Å². The minimum Gasteiger partial charge on any atom is -0.450 e. The van der Waals surface area contributed by atoms with E-state index < -0.39 is 0 Å². The summed E-state index contributed by atoms with van der Waals surface area (Å²) in [4.78, 5) is 37.5. The second kappa shape index (κ2) is 8.88. The molecule has 0 radical (unpaired) electrons. The van der Waals surface area contributed by atoms with E-state index in [4.69, 9.17) is 4.74 Å². The summed E-state index contributed by atoms with van der Waals surface area (Å²) >= 11 is 0. The van der Waals surface area contributed by atoms with Gasteiger partial charge in [-0.05, 0) is 26.7 Å². The normalized spacial score (nSPS) is 18.4. The Hall–Kier alpha value is -2.58. The zero-order chi connectivity index (χ0) is 19.2. The van der Waals surface area contributed by atoms with Crippen LogP contribution in [-0.4, -0.2) is 84.2 Å². The molecule has 3 heterocycles. The summed E-state index contributed by atoms with van der Waals surface area (Å²) in [6.07, 6.45) is 2.38. The zero-order valence-electron chi connectivity index (χ0n) is 16.1. The highest BCUT2D eigenvalue weighted by molar-refractivity contribution is 5.67. The number of hydrogen-bond acceptors (Lipinski definition) is 7. The molecule has 2 aliphatic heterocycles. The van der Waals surface area contributed by atoms with Gasteiger partial charge in [-0.1, -0.05) is 0 Å². The molecule has 0 spiro atoms. The Morgan fingerprint density at radius 3 is 2.56 bits per heavy atom. The molecule has 0 atom stereocenters. The lowest BCUT2D eigenvalue weighted by molar-refractivity contribution is -0.118. The van der Waals surface area contributed by atoms with Gasteiger partial charge in [-0.3, -0.25) is 4.79 Å². The summed E-state index contributed by atoms with van der Waals surface area (Å²) < 4.78 is 5.06.